The van der Waals surface area contributed by atoms with E-state index in [1.54, 1.807) is 5.32 Å². The van der Waals surface area contributed by atoms with Gasteiger partial charge in [-0.1, -0.05) is 69.6 Å². The van der Waals surface area contributed by atoms with Gasteiger partial charge in [0.15, 0.2) is 5.82 Å². The lowest BCUT2D eigenvalue weighted by atomic mass is 10.1. The molecule has 0 unspecified atom stereocenters. The zero-order valence-corrected chi connectivity index (χ0v) is 42.1. The van der Waals surface area contributed by atoms with Crippen molar-refractivity contribution in [2.75, 3.05) is 16.0 Å². The van der Waals surface area contributed by atoms with Crippen molar-refractivity contribution in [2.45, 2.75) is 58.5 Å². The number of hydrogen-bond donors (Lipinski definition) is 1. The van der Waals surface area contributed by atoms with E-state index in [2.05, 4.69) is 64.9 Å². The van der Waals surface area contributed by atoms with E-state index in [1.807, 2.05) is 0 Å². The van der Waals surface area contributed by atoms with E-state index in [0.717, 1.165) is 0 Å². The molecule has 2 atom stereocenters. The molecule has 40 heteroatoms. The van der Waals surface area contributed by atoms with Crippen LogP contribution in [0.3, 0.4) is 0 Å². The summed E-state index contributed by atoms with van der Waals surface area (Å²) in [4.78, 5) is 12.9. The molecule has 0 saturated carbocycles. The first-order valence-corrected chi connectivity index (χ1v) is 23.1. The van der Waals surface area contributed by atoms with Gasteiger partial charge in [0, 0.05) is 53.6 Å². The Morgan fingerprint density at radius 1 is 0.548 bits per heavy atom. The number of nitrogens with zero attached hydrogens (tertiary/aromatic N) is 9. The van der Waals surface area contributed by atoms with Gasteiger partial charge in [-0.25, -0.2) is 26.3 Å². The van der Waals surface area contributed by atoms with Crippen molar-refractivity contribution >= 4 is 138 Å². The molecule has 10 nitrogen and oxygen atoms in total. The van der Waals surface area contributed by atoms with Crippen molar-refractivity contribution in [3.63, 3.8) is 0 Å². The number of alkyl halides is 19. The van der Waals surface area contributed by atoms with Gasteiger partial charge in [-0.15, -0.1) is 21.8 Å². The quantitative estimate of drug-likeness (QED) is 0.0652. The number of aromatic nitrogens is 8. The number of halogens is 28. The van der Waals surface area contributed by atoms with Crippen LogP contribution in [0.4, 0.5) is 99.4 Å². The molecule has 2 aromatic carbocycles. The molecule has 0 spiro atoms. The summed E-state index contributed by atoms with van der Waals surface area (Å²) in [6, 6.07) is -4.64. The number of benzene rings is 2. The van der Waals surface area contributed by atoms with Gasteiger partial charge in [-0.3, -0.25) is 4.31 Å². The molecule has 0 saturated heterocycles. The third-order valence-electron chi connectivity index (χ3n) is 8.05. The van der Waals surface area contributed by atoms with E-state index in [-0.39, 0.29) is 48.6 Å². The zero-order valence-electron chi connectivity index (χ0n) is 34.4. The van der Waals surface area contributed by atoms with Gasteiger partial charge in [0.2, 0.25) is 0 Å². The lowest BCUT2D eigenvalue weighted by Gasteiger charge is -2.33. The third kappa shape index (κ3) is 16.4. The average molecular weight is 1280 g/mol. The minimum absolute atomic E-state index is 0.0129. The van der Waals surface area contributed by atoms with Crippen LogP contribution in [0.5, 0.6) is 0 Å². The fourth-order valence-corrected chi connectivity index (χ4v) is 6.86. The third-order valence-corrected chi connectivity index (χ3v) is 11.7. The van der Waals surface area contributed by atoms with Gasteiger partial charge >= 0.3 is 32.5 Å². The van der Waals surface area contributed by atoms with Gasteiger partial charge in [0.05, 0.1) is 22.3 Å². The summed E-state index contributed by atoms with van der Waals surface area (Å²) in [6.07, 6.45) is -19.1. The Morgan fingerprint density at radius 2 is 0.904 bits per heavy atom. The number of nitrogens with one attached hydrogen (secondary N) is 1. The Labute approximate surface area is 440 Å². The second-order valence-corrected chi connectivity index (χ2v) is 19.4. The standard InChI is InChI=1S/C16H6Cl3F10N5S.C15H7ClF9N5.CCl3FS.CH3Cl/c1-4(14(23,24)25)34(35-16(18,19)29)11-9(8-6(21)2-5(20)3-7(8)22)10(17)30-13-31-12(15(26,27)28)32-33(11)13;1-4(14(20,21)22)26-11-9(8-6(18)2-5(17)3-7(8)19)10(16)27-13-28-12(15(23,24)25)29-30(11)13;2-1(3,5)6-4;1-2/h2-4H,1H3;2-4,26H,1H3;;1H3/t2*4-;;/m00../s1. The van der Waals surface area contributed by atoms with Crippen LogP contribution in [0.25, 0.3) is 33.8 Å². The van der Waals surface area contributed by atoms with Gasteiger partial charge in [0.1, 0.15) is 63.1 Å². The molecule has 0 aliphatic rings. The van der Waals surface area contributed by atoms with Crippen molar-refractivity contribution in [1.29, 1.82) is 0 Å². The Bertz CT molecular complexity index is 2860. The first-order valence-electron chi connectivity index (χ1n) is 17.6. The summed E-state index contributed by atoms with van der Waals surface area (Å²) in [5.74, 6) is -17.4. The summed E-state index contributed by atoms with van der Waals surface area (Å²) < 4.78 is 263. The van der Waals surface area contributed by atoms with Crippen LogP contribution in [0, 0.1) is 34.9 Å². The van der Waals surface area contributed by atoms with Crippen LogP contribution >= 0.6 is 115 Å². The SMILES string of the molecule is CCl.C[C@H](N(SC(F)(Cl)Cl)c1c(-c2c(F)cc(F)cc2F)c(Cl)nc2nc(C(F)(F)F)nn12)C(F)(F)F.C[C@H](Nc1c(-c2c(F)cc(F)cc2F)c(Cl)nc2nc(C(F)(F)F)nn12)C(F)(F)F.FC(Cl)(Cl)SCl. The fourth-order valence-electron chi connectivity index (χ4n) is 5.15. The van der Waals surface area contributed by atoms with Crippen LogP contribution in [0.15, 0.2) is 24.3 Å². The maximum atomic E-state index is 14.6. The van der Waals surface area contributed by atoms with Crippen molar-refractivity contribution in [1.82, 2.24) is 39.2 Å². The molecule has 0 aliphatic carbocycles. The molecule has 0 amide bonds. The highest BCUT2D eigenvalue weighted by Gasteiger charge is 2.48. The highest BCUT2D eigenvalue weighted by molar-refractivity contribution is 8.23. The normalized spacial score (nSPS) is 13.4. The molecule has 73 heavy (non-hydrogen) atoms. The molecule has 1 N–H and O–H groups in total. The van der Waals surface area contributed by atoms with Crippen LogP contribution in [0.2, 0.25) is 10.3 Å². The molecule has 0 bridgehead atoms. The Morgan fingerprint density at radius 3 is 1.25 bits per heavy atom. The van der Waals surface area contributed by atoms with E-state index in [0.29, 0.717) is 13.8 Å². The van der Waals surface area contributed by atoms with Crippen molar-refractivity contribution in [3.8, 4) is 22.3 Å². The number of fused-ring (bicyclic) bond motifs is 2. The second-order valence-electron chi connectivity index (χ2n) is 13.0. The van der Waals surface area contributed by atoms with Crippen molar-refractivity contribution in [3.05, 3.63) is 81.1 Å². The fraction of sp³-hybridized carbons (Fsp3) is 0.333. The van der Waals surface area contributed by atoms with E-state index >= 15 is 0 Å². The molecule has 6 aromatic rings. The first kappa shape index (κ1) is 64.0. The van der Waals surface area contributed by atoms with Crippen LogP contribution in [0.1, 0.15) is 25.5 Å². The van der Waals surface area contributed by atoms with Gasteiger partial charge < -0.3 is 5.32 Å². The molecular formula is C33H16Cl8F20N10S2. The minimum atomic E-state index is -5.26. The summed E-state index contributed by atoms with van der Waals surface area (Å²) in [7, 11) is 4.97. The van der Waals surface area contributed by atoms with Gasteiger partial charge in [-0.2, -0.15) is 90.4 Å². The van der Waals surface area contributed by atoms with Crippen molar-refractivity contribution in [2.24, 2.45) is 0 Å². The zero-order chi connectivity index (χ0) is 56.5. The average Bonchev–Trinajstić information content (AvgIpc) is 3.85. The number of rotatable bonds is 9. The van der Waals surface area contributed by atoms with Crippen LogP contribution in [-0.4, -0.2) is 77.8 Å². The molecular weight excluding hydrogens is 1260 g/mol. The van der Waals surface area contributed by atoms with E-state index < -0.39 is 159 Å². The monoisotopic (exact) mass is 1280 g/mol. The Kier molecular flexibility index (Phi) is 21.0. The maximum absolute atomic E-state index is 14.6. The molecule has 0 radical (unpaired) electrons. The lowest BCUT2D eigenvalue weighted by Crippen LogP contribution is -2.42. The topological polar surface area (TPSA) is 101 Å². The smallest absolute Gasteiger partial charge is 0.358 e. The largest absolute Gasteiger partial charge is 0.453 e. The second kappa shape index (κ2) is 24.0. The predicted octanol–water partition coefficient (Wildman–Crippen LogP) is 16.4. The van der Waals surface area contributed by atoms with Crippen molar-refractivity contribution < 1.29 is 87.8 Å². The van der Waals surface area contributed by atoms with Crippen LogP contribution in [-0.2, 0) is 12.4 Å². The predicted molar refractivity (Wildman–Crippen MR) is 233 cm³/mol. The van der Waals surface area contributed by atoms with Gasteiger partial charge in [-0.05, 0) is 24.5 Å². The maximum Gasteiger partial charge on any atom is 0.453 e. The number of anilines is 2. The summed E-state index contributed by atoms with van der Waals surface area (Å²) in [5.41, 5.74) is -4.52. The van der Waals surface area contributed by atoms with Crippen LogP contribution < -0.4 is 9.62 Å². The summed E-state index contributed by atoms with van der Waals surface area (Å²) in [5, 5.41) is 5.84. The van der Waals surface area contributed by atoms with E-state index in [4.69, 9.17) is 57.1 Å². The molecule has 4 aromatic heterocycles. The molecule has 0 aliphatic heterocycles. The highest BCUT2D eigenvalue weighted by Crippen LogP contribution is 2.50. The minimum Gasteiger partial charge on any atom is -0.358 e. The van der Waals surface area contributed by atoms with Gasteiger partial charge in [0.25, 0.3) is 23.2 Å². The number of hydrogen-bond acceptors (Lipinski definition) is 10. The molecule has 6 rings (SSSR count). The van der Waals surface area contributed by atoms with E-state index in [1.165, 1.54) is 6.38 Å². The lowest BCUT2D eigenvalue weighted by molar-refractivity contribution is -0.145. The molecule has 406 valence electrons. The van der Waals surface area contributed by atoms with E-state index in [9.17, 15) is 87.8 Å². The first-order chi connectivity index (χ1) is 33.1. The summed E-state index contributed by atoms with van der Waals surface area (Å²) in [6.45, 7) is 0.984. The Hall–Kier alpha value is -3.24. The summed E-state index contributed by atoms with van der Waals surface area (Å²) >= 11 is 35.4. The molecule has 4 heterocycles. The highest BCUT2D eigenvalue weighted by atomic mass is 35.7. The Balaban J connectivity index is 0.000000339. The molecule has 0 fully saturated rings.